The third kappa shape index (κ3) is 7.43. The van der Waals surface area contributed by atoms with Gasteiger partial charge in [-0.25, -0.2) is 0 Å². The van der Waals surface area contributed by atoms with Gasteiger partial charge in [0.2, 0.25) is 0 Å². The second-order valence-electron chi connectivity index (χ2n) is 2.07. The maximum Gasteiger partial charge on any atom is 0.0905 e. The lowest BCUT2D eigenvalue weighted by atomic mass is 10.4. The van der Waals surface area contributed by atoms with E-state index in [0.29, 0.717) is 5.84 Å². The molecule has 0 unspecified atom stereocenters. The molecule has 0 fully saturated rings. The van der Waals surface area contributed by atoms with Crippen LogP contribution in [-0.2, 0) is 4.74 Å². The van der Waals surface area contributed by atoms with Crippen LogP contribution < -0.4 is 5.73 Å². The second-order valence-corrected chi connectivity index (χ2v) is 2.07. The zero-order valence-electron chi connectivity index (χ0n) is 6.76. The Morgan fingerprint density at radius 2 is 2.30 bits per heavy atom. The molecule has 3 nitrogen and oxygen atoms in total. The molecule has 0 saturated carbocycles. The maximum absolute atomic E-state index is 5.32. The van der Waals surface area contributed by atoms with Gasteiger partial charge in [-0.3, -0.25) is 4.99 Å². The number of aliphatic imine (C=N–C) groups is 1. The molecule has 0 rings (SSSR count). The minimum Gasteiger partial charge on any atom is -0.388 e. The highest BCUT2D eigenvalue weighted by Gasteiger charge is 1.84. The minimum atomic E-state index is 0.650. The zero-order valence-corrected chi connectivity index (χ0v) is 6.76. The summed E-state index contributed by atoms with van der Waals surface area (Å²) in [4.78, 5) is 4.01. The van der Waals surface area contributed by atoms with Crippen LogP contribution in [0.5, 0.6) is 0 Å². The van der Waals surface area contributed by atoms with Gasteiger partial charge in [-0.05, 0) is 20.3 Å². The lowest BCUT2D eigenvalue weighted by Crippen LogP contribution is -2.06. The van der Waals surface area contributed by atoms with Crippen molar-refractivity contribution in [2.24, 2.45) is 10.7 Å². The highest BCUT2D eigenvalue weighted by molar-refractivity contribution is 5.77. The van der Waals surface area contributed by atoms with Crippen molar-refractivity contribution in [3.8, 4) is 0 Å². The van der Waals surface area contributed by atoms with Crippen molar-refractivity contribution in [2.45, 2.75) is 20.3 Å². The van der Waals surface area contributed by atoms with Crippen LogP contribution in [0.15, 0.2) is 4.99 Å². The van der Waals surface area contributed by atoms with Crippen LogP contribution >= 0.6 is 0 Å². The van der Waals surface area contributed by atoms with Crippen molar-refractivity contribution in [2.75, 3.05) is 19.8 Å². The Kier molecular flexibility index (Phi) is 6.18. The number of nitrogens with zero attached hydrogens (tertiary/aromatic N) is 1. The fourth-order valence-corrected chi connectivity index (χ4v) is 0.566. The molecule has 0 aliphatic rings. The van der Waals surface area contributed by atoms with E-state index in [9.17, 15) is 0 Å². The van der Waals surface area contributed by atoms with E-state index in [-0.39, 0.29) is 0 Å². The summed E-state index contributed by atoms with van der Waals surface area (Å²) in [5, 5.41) is 0. The zero-order chi connectivity index (χ0) is 7.82. The first-order chi connectivity index (χ1) is 4.77. The van der Waals surface area contributed by atoms with Gasteiger partial charge in [-0.15, -0.1) is 0 Å². The molecule has 0 saturated heterocycles. The molecular formula is C7H16N2O. The van der Waals surface area contributed by atoms with Crippen LogP contribution in [0.4, 0.5) is 0 Å². The van der Waals surface area contributed by atoms with Gasteiger partial charge in [0, 0.05) is 19.8 Å². The van der Waals surface area contributed by atoms with E-state index in [1.165, 1.54) is 0 Å². The summed E-state index contributed by atoms with van der Waals surface area (Å²) in [5.41, 5.74) is 5.32. The van der Waals surface area contributed by atoms with Gasteiger partial charge in [-0.2, -0.15) is 0 Å². The molecule has 0 heterocycles. The average molecular weight is 144 g/mol. The summed E-state index contributed by atoms with van der Waals surface area (Å²) in [5.74, 6) is 0.650. The molecule has 10 heavy (non-hydrogen) atoms. The van der Waals surface area contributed by atoms with Crippen molar-refractivity contribution in [1.82, 2.24) is 0 Å². The SMILES string of the molecule is CCOCCCN=C(C)N. The molecule has 0 aromatic rings. The number of hydrogen-bond donors (Lipinski definition) is 1. The summed E-state index contributed by atoms with van der Waals surface area (Å²) >= 11 is 0. The van der Waals surface area contributed by atoms with Gasteiger partial charge in [0.15, 0.2) is 0 Å². The molecular weight excluding hydrogens is 128 g/mol. The molecule has 0 radical (unpaired) electrons. The Labute approximate surface area is 62.3 Å². The van der Waals surface area contributed by atoms with E-state index in [2.05, 4.69) is 4.99 Å². The predicted octanol–water partition coefficient (Wildman–Crippen LogP) is 0.790. The molecule has 3 heteroatoms. The third-order valence-electron chi connectivity index (χ3n) is 1.01. The lowest BCUT2D eigenvalue weighted by Gasteiger charge is -1.97. The van der Waals surface area contributed by atoms with Crippen molar-refractivity contribution in [1.29, 1.82) is 0 Å². The Morgan fingerprint density at radius 1 is 1.60 bits per heavy atom. The summed E-state index contributed by atoms with van der Waals surface area (Å²) in [6, 6.07) is 0. The highest BCUT2D eigenvalue weighted by atomic mass is 16.5. The van der Waals surface area contributed by atoms with Gasteiger partial charge in [0.05, 0.1) is 5.84 Å². The molecule has 2 N–H and O–H groups in total. The van der Waals surface area contributed by atoms with Crippen molar-refractivity contribution < 1.29 is 4.74 Å². The third-order valence-corrected chi connectivity index (χ3v) is 1.01. The van der Waals surface area contributed by atoms with E-state index >= 15 is 0 Å². The van der Waals surface area contributed by atoms with Gasteiger partial charge in [-0.1, -0.05) is 0 Å². The monoisotopic (exact) mass is 144 g/mol. The van der Waals surface area contributed by atoms with E-state index in [4.69, 9.17) is 10.5 Å². The number of ether oxygens (including phenoxy) is 1. The minimum absolute atomic E-state index is 0.650. The van der Waals surface area contributed by atoms with Crippen LogP contribution in [0.2, 0.25) is 0 Å². The Morgan fingerprint density at radius 3 is 2.80 bits per heavy atom. The van der Waals surface area contributed by atoms with Crippen LogP contribution in [-0.4, -0.2) is 25.6 Å². The standard InChI is InChI=1S/C7H16N2O/c1-3-10-6-4-5-9-7(2)8/h3-6H2,1-2H3,(H2,8,9). The first-order valence-electron chi connectivity index (χ1n) is 3.61. The smallest absolute Gasteiger partial charge is 0.0905 e. The van der Waals surface area contributed by atoms with Gasteiger partial charge < -0.3 is 10.5 Å². The largest absolute Gasteiger partial charge is 0.388 e. The molecule has 60 valence electrons. The van der Waals surface area contributed by atoms with Gasteiger partial charge in [0.25, 0.3) is 0 Å². The summed E-state index contributed by atoms with van der Waals surface area (Å²) < 4.78 is 5.11. The molecule has 0 amide bonds. The highest BCUT2D eigenvalue weighted by Crippen LogP contribution is 1.83. The van der Waals surface area contributed by atoms with Crippen LogP contribution in [0.25, 0.3) is 0 Å². The molecule has 0 aliphatic heterocycles. The lowest BCUT2D eigenvalue weighted by molar-refractivity contribution is 0.146. The molecule has 0 bridgehead atoms. The van der Waals surface area contributed by atoms with Crippen molar-refractivity contribution >= 4 is 5.84 Å². The molecule has 0 aromatic carbocycles. The Hall–Kier alpha value is -0.570. The fourth-order valence-electron chi connectivity index (χ4n) is 0.566. The first-order valence-corrected chi connectivity index (χ1v) is 3.61. The van der Waals surface area contributed by atoms with E-state index in [1.54, 1.807) is 6.92 Å². The number of nitrogens with two attached hydrogens (primary N) is 1. The van der Waals surface area contributed by atoms with E-state index in [1.807, 2.05) is 6.92 Å². The van der Waals surface area contributed by atoms with Crippen LogP contribution in [0.1, 0.15) is 20.3 Å². The topological polar surface area (TPSA) is 47.6 Å². The normalized spacial score (nSPS) is 12.0. The second kappa shape index (κ2) is 6.55. The number of hydrogen-bond acceptors (Lipinski definition) is 2. The van der Waals surface area contributed by atoms with Crippen molar-refractivity contribution in [3.05, 3.63) is 0 Å². The molecule has 0 aliphatic carbocycles. The van der Waals surface area contributed by atoms with Crippen LogP contribution in [0, 0.1) is 0 Å². The Balaban J connectivity index is 2.98. The van der Waals surface area contributed by atoms with Crippen molar-refractivity contribution in [3.63, 3.8) is 0 Å². The number of amidine groups is 1. The average Bonchev–Trinajstić information content (AvgIpc) is 1.87. The maximum atomic E-state index is 5.32. The fraction of sp³-hybridized carbons (Fsp3) is 0.857. The molecule has 0 aromatic heterocycles. The molecule has 0 atom stereocenters. The Bertz CT molecular complexity index is 97.8. The summed E-state index contributed by atoms with van der Waals surface area (Å²) in [6.45, 7) is 6.12. The van der Waals surface area contributed by atoms with Gasteiger partial charge in [0.1, 0.15) is 0 Å². The summed E-state index contributed by atoms with van der Waals surface area (Å²) in [7, 11) is 0. The number of rotatable bonds is 5. The summed E-state index contributed by atoms with van der Waals surface area (Å²) in [6.07, 6.45) is 0.961. The van der Waals surface area contributed by atoms with E-state index < -0.39 is 0 Å². The van der Waals surface area contributed by atoms with Crippen LogP contribution in [0.3, 0.4) is 0 Å². The quantitative estimate of drug-likeness (QED) is 0.352. The van der Waals surface area contributed by atoms with Gasteiger partial charge >= 0.3 is 0 Å². The van der Waals surface area contributed by atoms with E-state index in [0.717, 1.165) is 26.2 Å². The molecule has 0 spiro atoms. The first kappa shape index (κ1) is 9.43. The predicted molar refractivity (Wildman–Crippen MR) is 43.3 cm³/mol.